The highest BCUT2D eigenvalue weighted by Crippen LogP contribution is 2.39. The lowest BCUT2D eigenvalue weighted by Crippen LogP contribution is -2.57. The van der Waals surface area contributed by atoms with Crippen molar-refractivity contribution < 1.29 is 14.7 Å². The lowest BCUT2D eigenvalue weighted by molar-refractivity contribution is -0.128. The van der Waals surface area contributed by atoms with Crippen LogP contribution in [0.15, 0.2) is 53.4 Å². The van der Waals surface area contributed by atoms with E-state index in [1.54, 1.807) is 11.8 Å². The molecule has 1 saturated heterocycles. The Morgan fingerprint density at radius 3 is 2.51 bits per heavy atom. The second kappa shape index (κ2) is 13.1. The number of likely N-dealkylation sites (tertiary alicyclic amines) is 1. The van der Waals surface area contributed by atoms with Gasteiger partial charge in [0.2, 0.25) is 0 Å². The third kappa shape index (κ3) is 7.04. The van der Waals surface area contributed by atoms with Crippen LogP contribution in [0.25, 0.3) is 0 Å². The van der Waals surface area contributed by atoms with Crippen LogP contribution in [-0.4, -0.2) is 58.7 Å². The van der Waals surface area contributed by atoms with E-state index >= 15 is 0 Å². The summed E-state index contributed by atoms with van der Waals surface area (Å²) in [7, 11) is 0. The number of hydrogen-bond donors (Lipinski definition) is 2. The fourth-order valence-electron chi connectivity index (χ4n) is 6.03. The van der Waals surface area contributed by atoms with Gasteiger partial charge in [0.1, 0.15) is 5.78 Å². The van der Waals surface area contributed by atoms with Gasteiger partial charge in [-0.15, -0.1) is 11.8 Å². The first-order valence-electron chi connectivity index (χ1n) is 13.9. The van der Waals surface area contributed by atoms with Crippen molar-refractivity contribution in [3.05, 3.63) is 65.2 Å². The van der Waals surface area contributed by atoms with Crippen molar-refractivity contribution in [1.29, 1.82) is 0 Å². The first-order chi connectivity index (χ1) is 17.9. The number of thioether (sulfide) groups is 1. The second-order valence-corrected chi connectivity index (χ2v) is 11.9. The van der Waals surface area contributed by atoms with Crippen molar-refractivity contribution in [2.75, 3.05) is 18.8 Å². The average molecular weight is 523 g/mol. The van der Waals surface area contributed by atoms with Crippen molar-refractivity contribution in [3.63, 3.8) is 0 Å². The molecule has 1 amide bonds. The minimum absolute atomic E-state index is 0.129. The molecular formula is C31H42N2O3S. The van der Waals surface area contributed by atoms with E-state index in [1.165, 1.54) is 25.7 Å². The van der Waals surface area contributed by atoms with E-state index < -0.39 is 12.1 Å². The summed E-state index contributed by atoms with van der Waals surface area (Å²) in [5.74, 6) is 1.88. The quantitative estimate of drug-likeness (QED) is 0.408. The average Bonchev–Trinajstić information content (AvgIpc) is 2.92. The van der Waals surface area contributed by atoms with Gasteiger partial charge in [-0.2, -0.15) is 0 Å². The molecule has 200 valence electrons. The molecule has 2 aromatic carbocycles. The summed E-state index contributed by atoms with van der Waals surface area (Å²) in [5, 5.41) is 14.7. The van der Waals surface area contributed by atoms with Crippen LogP contribution in [0.5, 0.6) is 0 Å². The molecule has 0 aromatic heterocycles. The van der Waals surface area contributed by atoms with Gasteiger partial charge in [0.15, 0.2) is 0 Å². The van der Waals surface area contributed by atoms with Crippen LogP contribution in [0, 0.1) is 25.7 Å². The number of carbonyl (C=O) groups is 2. The third-order valence-electron chi connectivity index (χ3n) is 8.45. The zero-order valence-electron chi connectivity index (χ0n) is 22.5. The number of β-amino-alcohol motifs (C(OH)–C–C–N with tert-alkyl or cyclic N) is 1. The summed E-state index contributed by atoms with van der Waals surface area (Å²) in [6.07, 6.45) is 5.59. The summed E-state index contributed by atoms with van der Waals surface area (Å²) in [5.41, 5.74) is 2.67. The van der Waals surface area contributed by atoms with Gasteiger partial charge in [0, 0.05) is 35.7 Å². The van der Waals surface area contributed by atoms with Gasteiger partial charge in [0.05, 0.1) is 18.2 Å². The standard InChI is InChI=1S/C31H42N2O3S/c1-4-29(34)28-17-23-12-8-9-13-24(23)18-33(28)19-30(35)27(20-37-25-14-6-5-7-15-25)32-31(36)26-16-10-11-21(2)22(26)3/h5-7,10-11,14-16,23-24,27-28,30,35H,4,8-9,12-13,17-20H2,1-3H3,(H,32,36)/t23-,24+,27-,28-,30+/m0/s1. The van der Waals surface area contributed by atoms with Crippen LogP contribution >= 0.6 is 11.8 Å². The topological polar surface area (TPSA) is 69.6 Å². The molecule has 1 aliphatic carbocycles. The van der Waals surface area contributed by atoms with Gasteiger partial charge in [-0.3, -0.25) is 14.5 Å². The predicted octanol–water partition coefficient (Wildman–Crippen LogP) is 5.41. The minimum Gasteiger partial charge on any atom is -0.390 e. The Balaban J connectivity index is 1.51. The maximum Gasteiger partial charge on any atom is 0.251 e. The Morgan fingerprint density at radius 2 is 1.78 bits per heavy atom. The van der Waals surface area contributed by atoms with Gasteiger partial charge < -0.3 is 10.4 Å². The molecule has 4 rings (SSSR count). The van der Waals surface area contributed by atoms with E-state index in [1.807, 2.05) is 69.3 Å². The molecule has 2 fully saturated rings. The number of nitrogens with one attached hydrogen (secondary N) is 1. The van der Waals surface area contributed by atoms with Crippen LogP contribution < -0.4 is 5.32 Å². The smallest absolute Gasteiger partial charge is 0.251 e. The van der Waals surface area contributed by atoms with Crippen LogP contribution in [0.3, 0.4) is 0 Å². The number of piperidine rings is 1. The summed E-state index contributed by atoms with van der Waals surface area (Å²) in [4.78, 5) is 29.6. The number of aryl methyl sites for hydroxylation is 1. The van der Waals surface area contributed by atoms with E-state index in [2.05, 4.69) is 10.2 Å². The van der Waals surface area contributed by atoms with Gasteiger partial charge in [-0.05, 0) is 67.9 Å². The van der Waals surface area contributed by atoms with Crippen molar-refractivity contribution in [2.45, 2.75) is 82.4 Å². The third-order valence-corrected chi connectivity index (χ3v) is 9.58. The zero-order valence-corrected chi connectivity index (χ0v) is 23.3. The number of ketones is 1. The van der Waals surface area contributed by atoms with Crippen molar-refractivity contribution in [3.8, 4) is 0 Å². The minimum atomic E-state index is -0.780. The highest BCUT2D eigenvalue weighted by atomic mass is 32.2. The number of amides is 1. The van der Waals surface area contributed by atoms with Gasteiger partial charge in [-0.25, -0.2) is 0 Å². The molecule has 0 spiro atoms. The molecule has 0 radical (unpaired) electrons. The lowest BCUT2D eigenvalue weighted by Gasteiger charge is -2.46. The molecule has 6 heteroatoms. The maximum absolute atomic E-state index is 13.3. The largest absolute Gasteiger partial charge is 0.390 e. The Morgan fingerprint density at radius 1 is 1.05 bits per heavy atom. The maximum atomic E-state index is 13.3. The SMILES string of the molecule is CCC(=O)[C@@H]1C[C@@H]2CCCC[C@@H]2CN1C[C@@H](O)[C@H](CSc1ccccc1)NC(=O)c1cccc(C)c1C. The highest BCUT2D eigenvalue weighted by Gasteiger charge is 2.40. The number of Topliss-reactive ketones (excluding diaryl/α,β-unsaturated/α-hetero) is 1. The van der Waals surface area contributed by atoms with E-state index in [4.69, 9.17) is 0 Å². The molecule has 0 bridgehead atoms. The molecule has 5 atom stereocenters. The number of benzene rings is 2. The number of aliphatic hydroxyl groups excluding tert-OH is 1. The summed E-state index contributed by atoms with van der Waals surface area (Å²) >= 11 is 1.63. The van der Waals surface area contributed by atoms with Gasteiger partial charge in [0.25, 0.3) is 5.91 Å². The molecule has 2 N–H and O–H groups in total. The molecule has 2 aromatic rings. The van der Waals surface area contributed by atoms with Crippen LogP contribution in [0.4, 0.5) is 0 Å². The lowest BCUT2D eigenvalue weighted by atomic mass is 9.72. The van der Waals surface area contributed by atoms with Crippen molar-refractivity contribution in [1.82, 2.24) is 10.2 Å². The number of carbonyl (C=O) groups excluding carboxylic acids is 2. The molecule has 1 aliphatic heterocycles. The Labute approximate surface area is 226 Å². The molecule has 0 unspecified atom stereocenters. The highest BCUT2D eigenvalue weighted by molar-refractivity contribution is 7.99. The number of nitrogens with zero attached hydrogens (tertiary/aromatic N) is 1. The van der Waals surface area contributed by atoms with Crippen LogP contribution in [0.1, 0.15) is 66.9 Å². The number of rotatable bonds is 10. The first-order valence-corrected chi connectivity index (χ1v) is 14.9. The Hall–Kier alpha value is -2.15. The summed E-state index contributed by atoms with van der Waals surface area (Å²) in [6, 6.07) is 15.2. The summed E-state index contributed by atoms with van der Waals surface area (Å²) in [6.45, 7) is 7.16. The van der Waals surface area contributed by atoms with Gasteiger partial charge in [-0.1, -0.05) is 56.5 Å². The first kappa shape index (κ1) is 27.9. The zero-order chi connectivity index (χ0) is 26.4. The number of aliphatic hydroxyl groups is 1. The summed E-state index contributed by atoms with van der Waals surface area (Å²) < 4.78 is 0. The molecule has 5 nitrogen and oxygen atoms in total. The number of hydrogen-bond acceptors (Lipinski definition) is 5. The molecular weight excluding hydrogens is 480 g/mol. The fourth-order valence-corrected chi connectivity index (χ4v) is 7.06. The van der Waals surface area contributed by atoms with Crippen LogP contribution in [0.2, 0.25) is 0 Å². The van der Waals surface area contributed by atoms with E-state index in [0.29, 0.717) is 36.1 Å². The second-order valence-electron chi connectivity index (χ2n) is 10.8. The Bertz CT molecular complexity index is 1060. The fraction of sp³-hybridized carbons (Fsp3) is 0.548. The van der Waals surface area contributed by atoms with Gasteiger partial charge >= 0.3 is 0 Å². The Kier molecular flexibility index (Phi) is 9.85. The molecule has 2 aliphatic rings. The predicted molar refractivity (Wildman–Crippen MR) is 151 cm³/mol. The molecule has 1 heterocycles. The van der Waals surface area contributed by atoms with E-state index in [-0.39, 0.29) is 17.7 Å². The van der Waals surface area contributed by atoms with Crippen molar-refractivity contribution in [2.24, 2.45) is 11.8 Å². The van der Waals surface area contributed by atoms with Crippen LogP contribution in [-0.2, 0) is 4.79 Å². The van der Waals surface area contributed by atoms with E-state index in [0.717, 1.165) is 29.0 Å². The molecule has 37 heavy (non-hydrogen) atoms. The van der Waals surface area contributed by atoms with Crippen molar-refractivity contribution >= 4 is 23.5 Å². The molecule has 1 saturated carbocycles. The van der Waals surface area contributed by atoms with E-state index in [9.17, 15) is 14.7 Å². The monoisotopic (exact) mass is 522 g/mol. The normalized spacial score (nSPS) is 23.6. The number of fused-ring (bicyclic) bond motifs is 1.